The lowest BCUT2D eigenvalue weighted by Crippen LogP contribution is -2.37. The maximum absolute atomic E-state index is 10.7. The number of nitrogens with zero attached hydrogens (tertiary/aromatic N) is 4. The maximum Gasteiger partial charge on any atom is 0.313 e. The van der Waals surface area contributed by atoms with E-state index in [0.717, 1.165) is 18.4 Å². The van der Waals surface area contributed by atoms with Gasteiger partial charge in [-0.15, -0.1) is 10.2 Å². The normalized spacial score (nSPS) is 22.2. The topological polar surface area (TPSA) is 71.2 Å². The highest BCUT2D eigenvalue weighted by molar-refractivity contribution is 7.99. The first kappa shape index (κ1) is 16.1. The Bertz CT molecular complexity index is 491. The van der Waals surface area contributed by atoms with Crippen LogP contribution in [0.25, 0.3) is 0 Å². The molecule has 1 aromatic rings. The van der Waals surface area contributed by atoms with Gasteiger partial charge in [0.25, 0.3) is 0 Å². The molecular formula is C14H24N4O2S. The van der Waals surface area contributed by atoms with Gasteiger partial charge in [-0.25, -0.2) is 0 Å². The lowest BCUT2D eigenvalue weighted by atomic mass is 9.86. The van der Waals surface area contributed by atoms with Crippen LogP contribution < -0.4 is 4.90 Å². The molecule has 0 spiro atoms. The van der Waals surface area contributed by atoms with E-state index >= 15 is 0 Å². The number of hydrogen-bond donors (Lipinski definition) is 1. The van der Waals surface area contributed by atoms with Crippen LogP contribution >= 0.6 is 11.8 Å². The lowest BCUT2D eigenvalue weighted by Gasteiger charge is -2.34. The van der Waals surface area contributed by atoms with Crippen molar-refractivity contribution in [3.8, 4) is 0 Å². The Morgan fingerprint density at radius 1 is 1.48 bits per heavy atom. The van der Waals surface area contributed by atoms with Crippen LogP contribution in [0.1, 0.15) is 39.5 Å². The van der Waals surface area contributed by atoms with Gasteiger partial charge >= 0.3 is 5.97 Å². The van der Waals surface area contributed by atoms with Crippen LogP contribution in [0.15, 0.2) is 5.16 Å². The lowest BCUT2D eigenvalue weighted by molar-refractivity contribution is -0.133. The quantitative estimate of drug-likeness (QED) is 0.814. The van der Waals surface area contributed by atoms with Crippen LogP contribution in [0.4, 0.5) is 5.95 Å². The van der Waals surface area contributed by atoms with Gasteiger partial charge in [-0.1, -0.05) is 31.5 Å². The Hall–Kier alpha value is -1.24. The Morgan fingerprint density at radius 2 is 2.24 bits per heavy atom. The molecule has 6 nitrogen and oxygen atoms in total. The Morgan fingerprint density at radius 3 is 2.86 bits per heavy atom. The highest BCUT2D eigenvalue weighted by atomic mass is 32.2. The van der Waals surface area contributed by atoms with E-state index in [1.54, 1.807) is 0 Å². The van der Waals surface area contributed by atoms with Gasteiger partial charge in [0.1, 0.15) is 0 Å². The summed E-state index contributed by atoms with van der Waals surface area (Å²) in [5, 5.41) is 17.9. The summed E-state index contributed by atoms with van der Waals surface area (Å²) in [6.45, 7) is 5.09. The molecule has 1 saturated carbocycles. The van der Waals surface area contributed by atoms with Crippen molar-refractivity contribution in [1.82, 2.24) is 14.8 Å². The van der Waals surface area contributed by atoms with Crippen molar-refractivity contribution in [1.29, 1.82) is 0 Å². The molecule has 2 rings (SSSR count). The van der Waals surface area contributed by atoms with Gasteiger partial charge in [0.15, 0.2) is 5.16 Å². The summed E-state index contributed by atoms with van der Waals surface area (Å²) in [5.41, 5.74) is 0. The molecule has 118 valence electrons. The van der Waals surface area contributed by atoms with Gasteiger partial charge in [0.2, 0.25) is 5.95 Å². The molecule has 1 aromatic heterocycles. The number of aliphatic carboxylic acids is 1. The molecule has 0 saturated heterocycles. The molecule has 0 radical (unpaired) electrons. The minimum atomic E-state index is -0.832. The van der Waals surface area contributed by atoms with Gasteiger partial charge in [-0.2, -0.15) is 0 Å². The van der Waals surface area contributed by atoms with Crippen molar-refractivity contribution in [2.75, 3.05) is 17.7 Å². The Kier molecular flexibility index (Phi) is 5.50. The van der Waals surface area contributed by atoms with Gasteiger partial charge in [0.05, 0.1) is 5.75 Å². The number of carboxylic acids is 1. The first-order valence-electron chi connectivity index (χ1n) is 7.53. The Labute approximate surface area is 129 Å². The van der Waals surface area contributed by atoms with Crippen molar-refractivity contribution in [3.63, 3.8) is 0 Å². The summed E-state index contributed by atoms with van der Waals surface area (Å²) in [6, 6.07) is 0.501. The summed E-state index contributed by atoms with van der Waals surface area (Å²) in [4.78, 5) is 12.9. The molecule has 7 heteroatoms. The number of anilines is 1. The van der Waals surface area contributed by atoms with E-state index in [9.17, 15) is 4.79 Å². The number of hydrogen-bond acceptors (Lipinski definition) is 5. The van der Waals surface area contributed by atoms with E-state index < -0.39 is 5.97 Å². The summed E-state index contributed by atoms with van der Waals surface area (Å²) in [5.74, 6) is 0.790. The second-order valence-electron chi connectivity index (χ2n) is 5.75. The third-order valence-corrected chi connectivity index (χ3v) is 5.06. The molecule has 0 bridgehead atoms. The van der Waals surface area contributed by atoms with Gasteiger partial charge in [-0.3, -0.25) is 9.36 Å². The Balaban J connectivity index is 2.12. The number of carboxylic acid groups (broad SMARTS) is 1. The average molecular weight is 312 g/mol. The molecule has 21 heavy (non-hydrogen) atoms. The highest BCUT2D eigenvalue weighted by Crippen LogP contribution is 2.30. The molecular weight excluding hydrogens is 288 g/mol. The second kappa shape index (κ2) is 7.15. The van der Waals surface area contributed by atoms with Crippen LogP contribution in [0.2, 0.25) is 0 Å². The van der Waals surface area contributed by atoms with E-state index in [1.165, 1.54) is 37.4 Å². The number of aromatic nitrogens is 3. The third-order valence-electron chi connectivity index (χ3n) is 4.11. The summed E-state index contributed by atoms with van der Waals surface area (Å²) in [6.07, 6.45) is 4.95. The predicted molar refractivity (Wildman–Crippen MR) is 83.9 cm³/mol. The van der Waals surface area contributed by atoms with Crippen LogP contribution in [-0.4, -0.2) is 44.7 Å². The largest absolute Gasteiger partial charge is 0.481 e. The molecule has 1 fully saturated rings. The molecule has 2 atom stereocenters. The summed E-state index contributed by atoms with van der Waals surface area (Å²) >= 11 is 1.23. The number of carbonyl (C=O) groups is 1. The van der Waals surface area contributed by atoms with Crippen LogP contribution in [0.3, 0.4) is 0 Å². The van der Waals surface area contributed by atoms with Crippen LogP contribution in [0, 0.1) is 5.92 Å². The first-order valence-corrected chi connectivity index (χ1v) is 8.52. The molecule has 2 unspecified atom stereocenters. The van der Waals surface area contributed by atoms with Gasteiger partial charge in [0, 0.05) is 19.6 Å². The monoisotopic (exact) mass is 312 g/mol. The third kappa shape index (κ3) is 3.90. The molecule has 1 heterocycles. The fourth-order valence-corrected chi connectivity index (χ4v) is 3.69. The summed E-state index contributed by atoms with van der Waals surface area (Å²) < 4.78 is 2.01. The minimum absolute atomic E-state index is 0.0162. The zero-order valence-electron chi connectivity index (χ0n) is 12.9. The zero-order valence-corrected chi connectivity index (χ0v) is 13.8. The number of rotatable bonds is 6. The van der Waals surface area contributed by atoms with Gasteiger partial charge < -0.3 is 10.0 Å². The molecule has 1 N–H and O–H groups in total. The standard InChI is InChI=1S/C14H24N4O2S/c1-4-18-13(15-16-14(18)21-9-12(19)20)17(3)11-7-5-6-10(2)8-11/h10-11H,4-9H2,1-3H3,(H,19,20). The average Bonchev–Trinajstić information content (AvgIpc) is 2.87. The molecule has 0 aliphatic heterocycles. The fourth-order valence-electron chi connectivity index (χ4n) is 2.97. The van der Waals surface area contributed by atoms with Crippen molar-refractivity contribution in [2.45, 2.75) is 57.3 Å². The fraction of sp³-hybridized carbons (Fsp3) is 0.786. The van der Waals surface area contributed by atoms with Crippen LogP contribution in [0.5, 0.6) is 0 Å². The van der Waals surface area contributed by atoms with Crippen LogP contribution in [-0.2, 0) is 11.3 Å². The van der Waals surface area contributed by atoms with Gasteiger partial charge in [-0.05, 0) is 25.7 Å². The second-order valence-corrected chi connectivity index (χ2v) is 6.69. The van der Waals surface area contributed by atoms with E-state index in [-0.39, 0.29) is 5.75 Å². The molecule has 0 aromatic carbocycles. The molecule has 1 aliphatic rings. The number of thioether (sulfide) groups is 1. The summed E-state index contributed by atoms with van der Waals surface area (Å²) in [7, 11) is 2.07. The maximum atomic E-state index is 10.7. The van der Waals surface area contributed by atoms with Crippen molar-refractivity contribution in [3.05, 3.63) is 0 Å². The smallest absolute Gasteiger partial charge is 0.313 e. The zero-order chi connectivity index (χ0) is 15.4. The van der Waals surface area contributed by atoms with Crippen molar-refractivity contribution in [2.24, 2.45) is 5.92 Å². The molecule has 0 amide bonds. The first-order chi connectivity index (χ1) is 10.0. The van der Waals surface area contributed by atoms with E-state index in [0.29, 0.717) is 11.2 Å². The van der Waals surface area contributed by atoms with E-state index in [4.69, 9.17) is 5.11 Å². The van der Waals surface area contributed by atoms with Crippen molar-refractivity contribution >= 4 is 23.7 Å². The molecule has 1 aliphatic carbocycles. The highest BCUT2D eigenvalue weighted by Gasteiger charge is 2.26. The minimum Gasteiger partial charge on any atom is -0.481 e. The van der Waals surface area contributed by atoms with E-state index in [2.05, 4.69) is 29.1 Å². The van der Waals surface area contributed by atoms with Crippen molar-refractivity contribution < 1.29 is 9.90 Å². The predicted octanol–water partition coefficient (Wildman–Crippen LogP) is 2.49. The van der Waals surface area contributed by atoms with E-state index in [1.807, 2.05) is 11.5 Å². The SMILES string of the molecule is CCn1c(SCC(=O)O)nnc1N(C)C1CCCC(C)C1.